The van der Waals surface area contributed by atoms with Gasteiger partial charge in [0.05, 0.1) is 5.02 Å². The van der Waals surface area contributed by atoms with E-state index in [-0.39, 0.29) is 12.1 Å². The maximum atomic E-state index is 13.4. The molecule has 0 atom stereocenters. The van der Waals surface area contributed by atoms with Crippen LogP contribution in [0.1, 0.15) is 5.56 Å². The van der Waals surface area contributed by atoms with E-state index in [0.717, 1.165) is 22.3 Å². The molecule has 0 aromatic heterocycles. The molecule has 0 aliphatic heterocycles. The van der Waals surface area contributed by atoms with Crippen LogP contribution in [0.15, 0.2) is 40.9 Å². The molecule has 0 amide bonds. The van der Waals surface area contributed by atoms with Crippen LogP contribution in [0.25, 0.3) is 0 Å². The Bertz CT molecular complexity index is 575. The Morgan fingerprint density at radius 1 is 1.11 bits per heavy atom. The number of hydrogen-bond donors (Lipinski definition) is 1. The van der Waals surface area contributed by atoms with Crippen molar-refractivity contribution in [1.29, 1.82) is 0 Å². The van der Waals surface area contributed by atoms with Crippen LogP contribution in [0.2, 0.25) is 5.02 Å². The first-order chi connectivity index (χ1) is 8.56. The molecule has 0 bridgehead atoms. The molecule has 5 heteroatoms. The molecule has 0 fully saturated rings. The highest BCUT2D eigenvalue weighted by Crippen LogP contribution is 2.25. The molecule has 0 unspecified atom stereocenters. The quantitative estimate of drug-likeness (QED) is 0.834. The van der Waals surface area contributed by atoms with E-state index in [9.17, 15) is 8.78 Å². The van der Waals surface area contributed by atoms with Crippen molar-refractivity contribution in [3.63, 3.8) is 0 Å². The zero-order valence-corrected chi connectivity index (χ0v) is 11.5. The zero-order valence-electron chi connectivity index (χ0n) is 9.18. The number of benzene rings is 2. The molecular weight excluding hydrogens is 324 g/mol. The van der Waals surface area contributed by atoms with E-state index in [1.807, 2.05) is 0 Å². The standard InChI is InChI=1S/C13H9BrClF2N/c14-11-3-2-10(6-12(11)15)18-7-8-5-9(16)1-4-13(8)17/h1-6,18H,7H2. The molecule has 0 radical (unpaired) electrons. The summed E-state index contributed by atoms with van der Waals surface area (Å²) < 4.78 is 27.1. The molecule has 2 aromatic rings. The second kappa shape index (κ2) is 5.67. The first kappa shape index (κ1) is 13.3. The lowest BCUT2D eigenvalue weighted by atomic mass is 10.2. The van der Waals surface area contributed by atoms with Crippen LogP contribution < -0.4 is 5.32 Å². The van der Waals surface area contributed by atoms with E-state index < -0.39 is 11.6 Å². The molecule has 2 aromatic carbocycles. The van der Waals surface area contributed by atoms with E-state index >= 15 is 0 Å². The third-order valence-corrected chi connectivity index (χ3v) is 3.64. The first-order valence-electron chi connectivity index (χ1n) is 5.19. The molecule has 1 N–H and O–H groups in total. The summed E-state index contributed by atoms with van der Waals surface area (Å²) in [7, 11) is 0. The summed E-state index contributed by atoms with van der Waals surface area (Å²) >= 11 is 9.21. The van der Waals surface area contributed by atoms with Gasteiger partial charge in [0, 0.05) is 22.3 Å². The molecule has 1 nitrogen and oxygen atoms in total. The third kappa shape index (κ3) is 3.21. The predicted molar refractivity (Wildman–Crippen MR) is 72.8 cm³/mol. The van der Waals surface area contributed by atoms with Gasteiger partial charge in [0.25, 0.3) is 0 Å². The summed E-state index contributed by atoms with van der Waals surface area (Å²) in [5.41, 5.74) is 1.01. The number of halogens is 4. The monoisotopic (exact) mass is 331 g/mol. The minimum atomic E-state index is -0.456. The normalized spacial score (nSPS) is 10.4. The van der Waals surface area contributed by atoms with Crippen LogP contribution in [0.4, 0.5) is 14.5 Å². The van der Waals surface area contributed by atoms with Gasteiger partial charge in [0.15, 0.2) is 0 Å². The van der Waals surface area contributed by atoms with Gasteiger partial charge in [-0.2, -0.15) is 0 Å². The highest BCUT2D eigenvalue weighted by Gasteiger charge is 2.04. The summed E-state index contributed by atoms with van der Waals surface area (Å²) in [4.78, 5) is 0. The Balaban J connectivity index is 2.11. The fraction of sp³-hybridized carbons (Fsp3) is 0.0769. The van der Waals surface area contributed by atoms with Crippen molar-refractivity contribution in [2.45, 2.75) is 6.54 Å². The van der Waals surface area contributed by atoms with Crippen LogP contribution in [-0.4, -0.2) is 0 Å². The number of anilines is 1. The SMILES string of the molecule is Fc1ccc(F)c(CNc2ccc(Br)c(Cl)c2)c1. The van der Waals surface area contributed by atoms with Gasteiger partial charge in [-0.1, -0.05) is 11.6 Å². The number of nitrogens with one attached hydrogen (secondary N) is 1. The molecule has 18 heavy (non-hydrogen) atoms. The van der Waals surface area contributed by atoms with Crippen molar-refractivity contribution >= 4 is 33.2 Å². The zero-order chi connectivity index (χ0) is 13.1. The molecule has 0 saturated heterocycles. The summed E-state index contributed by atoms with van der Waals surface area (Å²) in [6, 6.07) is 8.67. The van der Waals surface area contributed by atoms with Gasteiger partial charge in [-0.3, -0.25) is 0 Å². The van der Waals surface area contributed by atoms with E-state index in [4.69, 9.17) is 11.6 Å². The summed E-state index contributed by atoms with van der Waals surface area (Å²) in [6.07, 6.45) is 0. The minimum Gasteiger partial charge on any atom is -0.381 e. The maximum Gasteiger partial charge on any atom is 0.128 e. The molecule has 94 valence electrons. The highest BCUT2D eigenvalue weighted by molar-refractivity contribution is 9.10. The number of hydrogen-bond acceptors (Lipinski definition) is 1. The lowest BCUT2D eigenvalue weighted by Crippen LogP contribution is -2.02. The lowest BCUT2D eigenvalue weighted by Gasteiger charge is -2.08. The Morgan fingerprint density at radius 3 is 2.61 bits per heavy atom. The van der Waals surface area contributed by atoms with Gasteiger partial charge in [-0.25, -0.2) is 8.78 Å². The van der Waals surface area contributed by atoms with Crippen LogP contribution in [-0.2, 0) is 6.54 Å². The van der Waals surface area contributed by atoms with E-state index in [2.05, 4.69) is 21.2 Å². The van der Waals surface area contributed by atoms with Gasteiger partial charge in [-0.05, 0) is 52.3 Å². The second-order valence-electron chi connectivity index (χ2n) is 3.72. The highest BCUT2D eigenvalue weighted by atomic mass is 79.9. The largest absolute Gasteiger partial charge is 0.381 e. The van der Waals surface area contributed by atoms with Crippen LogP contribution in [0.3, 0.4) is 0 Å². The van der Waals surface area contributed by atoms with Crippen LogP contribution in [0, 0.1) is 11.6 Å². The molecule has 0 aliphatic rings. The van der Waals surface area contributed by atoms with Gasteiger partial charge >= 0.3 is 0 Å². The minimum absolute atomic E-state index is 0.196. The summed E-state index contributed by atoms with van der Waals surface area (Å²) in [5, 5.41) is 3.54. The second-order valence-corrected chi connectivity index (χ2v) is 4.98. The fourth-order valence-electron chi connectivity index (χ4n) is 1.48. The van der Waals surface area contributed by atoms with Crippen molar-refractivity contribution in [2.75, 3.05) is 5.32 Å². The van der Waals surface area contributed by atoms with Crippen LogP contribution >= 0.6 is 27.5 Å². The molecule has 0 spiro atoms. The number of rotatable bonds is 3. The Morgan fingerprint density at radius 2 is 1.89 bits per heavy atom. The summed E-state index contributed by atoms with van der Waals surface area (Å²) in [6.45, 7) is 0.196. The summed E-state index contributed by atoms with van der Waals surface area (Å²) in [5.74, 6) is -0.894. The van der Waals surface area contributed by atoms with Crippen molar-refractivity contribution in [3.05, 3.63) is 63.1 Å². The average Bonchev–Trinajstić information content (AvgIpc) is 2.34. The lowest BCUT2D eigenvalue weighted by molar-refractivity contribution is 0.587. The third-order valence-electron chi connectivity index (χ3n) is 2.41. The van der Waals surface area contributed by atoms with Gasteiger partial charge in [0.2, 0.25) is 0 Å². The first-order valence-corrected chi connectivity index (χ1v) is 6.36. The van der Waals surface area contributed by atoms with Gasteiger partial charge in [0.1, 0.15) is 11.6 Å². The van der Waals surface area contributed by atoms with Crippen LogP contribution in [0.5, 0.6) is 0 Å². The van der Waals surface area contributed by atoms with E-state index in [0.29, 0.717) is 5.02 Å². The molecule has 0 saturated carbocycles. The van der Waals surface area contributed by atoms with Crippen molar-refractivity contribution < 1.29 is 8.78 Å². The molecule has 0 aliphatic carbocycles. The average molecular weight is 333 g/mol. The predicted octanol–water partition coefficient (Wildman–Crippen LogP) is 4.99. The van der Waals surface area contributed by atoms with E-state index in [1.54, 1.807) is 18.2 Å². The Kier molecular flexibility index (Phi) is 4.19. The smallest absolute Gasteiger partial charge is 0.128 e. The maximum absolute atomic E-state index is 13.4. The van der Waals surface area contributed by atoms with Crippen molar-refractivity contribution in [2.24, 2.45) is 0 Å². The Hall–Kier alpha value is -1.13. The molecular formula is C13H9BrClF2N. The molecule has 0 heterocycles. The van der Waals surface area contributed by atoms with Crippen molar-refractivity contribution in [3.8, 4) is 0 Å². The van der Waals surface area contributed by atoms with Crippen molar-refractivity contribution in [1.82, 2.24) is 0 Å². The van der Waals surface area contributed by atoms with Gasteiger partial charge < -0.3 is 5.32 Å². The van der Waals surface area contributed by atoms with Gasteiger partial charge in [-0.15, -0.1) is 0 Å². The fourth-order valence-corrected chi connectivity index (χ4v) is 1.91. The topological polar surface area (TPSA) is 12.0 Å². The molecule has 2 rings (SSSR count). The van der Waals surface area contributed by atoms with E-state index in [1.165, 1.54) is 6.07 Å². The Labute approximate surface area is 117 Å².